The second-order valence-electron chi connectivity index (χ2n) is 17.9. The molecular weight excluding hydrogens is 748 g/mol. The number of alkyl halides is 1. The van der Waals surface area contributed by atoms with Gasteiger partial charge in [-0.2, -0.15) is 9.97 Å². The van der Waals surface area contributed by atoms with E-state index in [0.29, 0.717) is 77.4 Å². The van der Waals surface area contributed by atoms with Gasteiger partial charge in [0.2, 0.25) is 0 Å². The minimum absolute atomic E-state index is 0.00455. The first-order valence-electron chi connectivity index (χ1n) is 20.4. The van der Waals surface area contributed by atoms with Crippen LogP contribution < -0.4 is 21.2 Å². The Hall–Kier alpha value is -5.13. The van der Waals surface area contributed by atoms with E-state index in [0.717, 1.165) is 45.1 Å². The zero-order chi connectivity index (χ0) is 40.2. The van der Waals surface area contributed by atoms with Crippen LogP contribution in [-0.4, -0.2) is 80.8 Å². The van der Waals surface area contributed by atoms with E-state index in [4.69, 9.17) is 40.7 Å². The highest BCUT2D eigenvalue weighted by Gasteiger charge is 2.51. The molecule has 5 atom stereocenters. The molecular formula is C44H46F3N7O4. The zero-order valence-electron chi connectivity index (χ0n) is 32.9. The molecule has 0 amide bonds. The van der Waals surface area contributed by atoms with Gasteiger partial charge >= 0.3 is 11.8 Å². The van der Waals surface area contributed by atoms with E-state index in [2.05, 4.69) is 20.6 Å². The number of nitrogens with zero attached hydrogens (tertiary/aromatic N) is 6. The highest BCUT2D eigenvalue weighted by Crippen LogP contribution is 2.46. The average molecular weight is 794 g/mol. The van der Waals surface area contributed by atoms with Crippen molar-refractivity contribution in [2.24, 2.45) is 0 Å². The van der Waals surface area contributed by atoms with E-state index < -0.39 is 34.6 Å². The quantitative estimate of drug-likeness (QED) is 0.141. The lowest BCUT2D eigenvalue weighted by molar-refractivity contribution is 0.106. The number of rotatable bonds is 6. The minimum atomic E-state index is -0.948. The summed E-state index contributed by atoms with van der Waals surface area (Å²) in [6.07, 6.45) is 10.8. The maximum atomic E-state index is 17.6. The Balaban J connectivity index is 1.12. The van der Waals surface area contributed by atoms with Crippen molar-refractivity contribution in [3.05, 3.63) is 69.3 Å². The highest BCUT2D eigenvalue weighted by molar-refractivity contribution is 6.04. The van der Waals surface area contributed by atoms with Gasteiger partial charge in [0.15, 0.2) is 17.3 Å². The number of hydrogen-bond donors (Lipinski definition) is 1. The number of aromatic nitrogens is 3. The van der Waals surface area contributed by atoms with Gasteiger partial charge in [-0.25, -0.2) is 22.9 Å². The van der Waals surface area contributed by atoms with Crippen LogP contribution in [0.1, 0.15) is 88.5 Å². The number of fused-ring (bicyclic) bond motifs is 7. The SMILES string of the molecule is C#Cc1c(F)ccc2cc(N)cc(-c3nc4c5c(nc(OC[C@@]67CCCN6C[C@H](F)C7)nc5c3F)N3C[C@H]5CC[C@@H]([C@H]3CCC4)N5Cc3oc(=O)oc3C(C)(C)C)c12. The first-order valence-corrected chi connectivity index (χ1v) is 20.4. The Kier molecular flexibility index (Phi) is 8.62. The zero-order valence-corrected chi connectivity index (χ0v) is 32.9. The third-order valence-electron chi connectivity index (χ3n) is 13.3. The number of nitrogen functional groups attached to an aromatic ring is 1. The van der Waals surface area contributed by atoms with Gasteiger partial charge in [0.05, 0.1) is 28.7 Å². The number of benzene rings is 2. The molecule has 8 heterocycles. The van der Waals surface area contributed by atoms with Gasteiger partial charge in [-0.3, -0.25) is 9.80 Å². The maximum Gasteiger partial charge on any atom is 0.519 e. The van der Waals surface area contributed by atoms with Crippen molar-refractivity contribution < 1.29 is 26.7 Å². The smallest absolute Gasteiger partial charge is 0.461 e. The van der Waals surface area contributed by atoms with E-state index >= 15 is 8.78 Å². The van der Waals surface area contributed by atoms with Crippen molar-refractivity contribution in [2.45, 2.75) is 114 Å². The summed E-state index contributed by atoms with van der Waals surface area (Å²) < 4.78 is 65.3. The number of nitrogens with two attached hydrogens (primary N) is 1. The van der Waals surface area contributed by atoms with Crippen LogP contribution in [0, 0.1) is 24.0 Å². The summed E-state index contributed by atoms with van der Waals surface area (Å²) in [6.45, 7) is 8.33. The lowest BCUT2D eigenvalue weighted by atomic mass is 9.90. The summed E-state index contributed by atoms with van der Waals surface area (Å²) in [4.78, 5) is 34.1. The molecule has 5 aliphatic rings. The molecule has 2 aromatic carbocycles. The molecule has 4 saturated heterocycles. The predicted molar refractivity (Wildman–Crippen MR) is 213 cm³/mol. The standard InChI is InChI=1S/C44H46F3N7O4/c1-5-27-29(46)12-10-23-16-25(48)17-28(34(23)27)37-36(47)38-35-30(49-37)8-6-9-31-32-13-11-26(53(32)21-33-39(43(2,3)4)58-42(55)57-33)20-54(31)40(35)51-41(50-38)56-22-44-14-7-15-52(44)19-24(45)18-44/h1,10,12,16-17,24,26,31-32H,6-9,11,13-15,18-22,48H2,2-4H3/t24-,26-,31-,32+,44+/m1/s1. The van der Waals surface area contributed by atoms with Crippen molar-refractivity contribution in [3.8, 4) is 29.6 Å². The fraction of sp³-hybridized carbons (Fsp3) is 0.500. The van der Waals surface area contributed by atoms with Gasteiger partial charge in [0, 0.05) is 59.7 Å². The topological polar surface area (TPSA) is 127 Å². The first-order chi connectivity index (χ1) is 27.8. The largest absolute Gasteiger partial charge is 0.519 e. The number of halogens is 3. The van der Waals surface area contributed by atoms with Crippen molar-refractivity contribution >= 4 is 33.2 Å². The monoisotopic (exact) mass is 793 g/mol. The number of ether oxygens (including phenoxy) is 1. The minimum Gasteiger partial charge on any atom is -0.461 e. The summed E-state index contributed by atoms with van der Waals surface area (Å²) >= 11 is 0. The molecule has 0 saturated carbocycles. The molecule has 0 spiro atoms. The van der Waals surface area contributed by atoms with Crippen molar-refractivity contribution in [3.63, 3.8) is 0 Å². The van der Waals surface area contributed by atoms with E-state index in [1.165, 1.54) is 6.07 Å². The second-order valence-corrected chi connectivity index (χ2v) is 17.9. The molecule has 5 aromatic rings. The van der Waals surface area contributed by atoms with E-state index in [9.17, 15) is 9.18 Å². The molecule has 0 unspecified atom stereocenters. The van der Waals surface area contributed by atoms with Crippen molar-refractivity contribution in [1.29, 1.82) is 0 Å². The number of pyridine rings is 1. The molecule has 11 nitrogen and oxygen atoms in total. The molecule has 14 heteroatoms. The molecule has 0 radical (unpaired) electrons. The highest BCUT2D eigenvalue weighted by atomic mass is 19.1. The van der Waals surface area contributed by atoms with Gasteiger partial charge in [0.25, 0.3) is 0 Å². The second kappa shape index (κ2) is 13.5. The molecule has 58 heavy (non-hydrogen) atoms. The molecule has 4 fully saturated rings. The summed E-state index contributed by atoms with van der Waals surface area (Å²) in [7, 11) is 0. The summed E-state index contributed by atoms with van der Waals surface area (Å²) in [5.74, 6) is 2.07. The van der Waals surface area contributed by atoms with Crippen LogP contribution in [0.4, 0.5) is 24.7 Å². The van der Waals surface area contributed by atoms with Crippen molar-refractivity contribution in [2.75, 3.05) is 36.9 Å². The van der Waals surface area contributed by atoms with Gasteiger partial charge in [0.1, 0.15) is 35.6 Å². The number of piperazine rings is 1. The van der Waals surface area contributed by atoms with Crippen LogP contribution in [-0.2, 0) is 18.4 Å². The maximum absolute atomic E-state index is 17.6. The van der Waals surface area contributed by atoms with Crippen LogP contribution >= 0.6 is 0 Å². The van der Waals surface area contributed by atoms with Crippen LogP contribution in [0.5, 0.6) is 6.01 Å². The Morgan fingerprint density at radius 1 is 1.05 bits per heavy atom. The van der Waals surface area contributed by atoms with Crippen LogP contribution in [0.25, 0.3) is 32.9 Å². The first kappa shape index (κ1) is 37.2. The molecule has 0 aliphatic carbocycles. The molecule has 10 rings (SSSR count). The lowest BCUT2D eigenvalue weighted by Crippen LogP contribution is -2.60. The summed E-state index contributed by atoms with van der Waals surface area (Å²) in [5, 5.41) is 1.40. The average Bonchev–Trinajstić information content (AvgIpc) is 3.91. The Bertz CT molecular complexity index is 2600. The fourth-order valence-electron chi connectivity index (χ4n) is 10.9. The lowest BCUT2D eigenvalue weighted by Gasteiger charge is -2.48. The Morgan fingerprint density at radius 3 is 2.71 bits per heavy atom. The molecule has 5 aliphatic heterocycles. The molecule has 2 bridgehead atoms. The third kappa shape index (κ3) is 5.87. The number of anilines is 2. The van der Waals surface area contributed by atoms with E-state index in [1.807, 2.05) is 20.8 Å². The summed E-state index contributed by atoms with van der Waals surface area (Å²) in [6, 6.07) is 6.27. The summed E-state index contributed by atoms with van der Waals surface area (Å²) in [5.41, 5.74) is 6.70. The van der Waals surface area contributed by atoms with Gasteiger partial charge in [-0.05, 0) is 75.1 Å². The van der Waals surface area contributed by atoms with E-state index in [-0.39, 0.29) is 53.1 Å². The Labute approximate surface area is 333 Å². The number of terminal acetylenes is 1. The third-order valence-corrected chi connectivity index (χ3v) is 13.3. The van der Waals surface area contributed by atoms with Gasteiger partial charge in [-0.15, -0.1) is 6.42 Å². The van der Waals surface area contributed by atoms with Crippen LogP contribution in [0.3, 0.4) is 0 Å². The fourth-order valence-corrected chi connectivity index (χ4v) is 10.9. The number of hydrogen-bond acceptors (Lipinski definition) is 11. The van der Waals surface area contributed by atoms with Gasteiger partial charge < -0.3 is 24.2 Å². The molecule has 302 valence electrons. The van der Waals surface area contributed by atoms with E-state index in [1.54, 1.807) is 18.2 Å². The predicted octanol–water partition coefficient (Wildman–Crippen LogP) is 7.04. The van der Waals surface area contributed by atoms with Crippen LogP contribution in [0.15, 0.2) is 37.9 Å². The normalized spacial score (nSPS) is 25.8. The Morgan fingerprint density at radius 2 is 1.90 bits per heavy atom. The van der Waals surface area contributed by atoms with Crippen LogP contribution in [0.2, 0.25) is 0 Å². The van der Waals surface area contributed by atoms with Gasteiger partial charge in [-0.1, -0.05) is 32.8 Å². The molecule has 2 N–H and O–H groups in total. The number of aryl methyl sites for hydroxylation is 1. The molecule has 3 aromatic heterocycles. The van der Waals surface area contributed by atoms with Crippen molar-refractivity contribution in [1.82, 2.24) is 24.8 Å².